The molecule has 0 bridgehead atoms. The topological polar surface area (TPSA) is 35.5 Å². The van der Waals surface area contributed by atoms with Crippen molar-refractivity contribution in [2.75, 3.05) is 6.61 Å². The Bertz CT molecular complexity index is 1080. The maximum atomic E-state index is 12.6. The second-order valence-corrected chi connectivity index (χ2v) is 9.79. The Labute approximate surface area is 223 Å². The fraction of sp³-hybridized carbons (Fsp3) is 0.382. The van der Waals surface area contributed by atoms with Crippen LogP contribution in [0.4, 0.5) is 0 Å². The van der Waals surface area contributed by atoms with Gasteiger partial charge in [0.15, 0.2) is 0 Å². The summed E-state index contributed by atoms with van der Waals surface area (Å²) in [5, 5.41) is 0. The van der Waals surface area contributed by atoms with E-state index in [1.807, 2.05) is 36.4 Å². The Hall–Kier alpha value is -3.33. The van der Waals surface area contributed by atoms with Crippen LogP contribution in [0.1, 0.15) is 81.6 Å². The van der Waals surface area contributed by atoms with Crippen molar-refractivity contribution in [3.05, 3.63) is 96.1 Å². The minimum Gasteiger partial charge on any atom is -0.494 e. The molecule has 0 fully saturated rings. The van der Waals surface area contributed by atoms with Crippen LogP contribution in [0.3, 0.4) is 0 Å². The Morgan fingerprint density at radius 1 is 0.784 bits per heavy atom. The predicted molar refractivity (Wildman–Crippen MR) is 154 cm³/mol. The molecule has 3 aromatic carbocycles. The highest BCUT2D eigenvalue weighted by Crippen LogP contribution is 2.23. The van der Waals surface area contributed by atoms with E-state index in [-0.39, 0.29) is 5.97 Å². The number of esters is 1. The van der Waals surface area contributed by atoms with E-state index in [1.165, 1.54) is 24.8 Å². The number of unbranched alkanes of at least 4 members (excludes halogenated alkanes) is 3. The van der Waals surface area contributed by atoms with Gasteiger partial charge in [0.1, 0.15) is 11.5 Å². The van der Waals surface area contributed by atoms with Crippen LogP contribution in [0.15, 0.2) is 84.9 Å². The zero-order valence-electron chi connectivity index (χ0n) is 22.7. The standard InChI is InChI=1S/C34H42O3/c1-4-6-7-8-9-10-11-26-36-32-22-24-33(25-23-32)37-34(35)31-20-18-30(19-21-31)29-16-14-28(15-17-29)13-12-27(3)5-2/h7-8,14-25,27H,4-6,9-13,26H2,1-3H3/b8-7-/t27-/m0/s1. The van der Waals surface area contributed by atoms with Gasteiger partial charge in [0.2, 0.25) is 0 Å². The molecule has 1 atom stereocenters. The third kappa shape index (κ3) is 9.92. The van der Waals surface area contributed by atoms with Crippen LogP contribution in [-0.4, -0.2) is 12.6 Å². The van der Waals surface area contributed by atoms with Crippen LogP contribution < -0.4 is 9.47 Å². The molecular weight excluding hydrogens is 456 g/mol. The van der Waals surface area contributed by atoms with Crippen LogP contribution in [0, 0.1) is 5.92 Å². The molecular formula is C34H42O3. The summed E-state index contributed by atoms with van der Waals surface area (Å²) in [4.78, 5) is 12.6. The van der Waals surface area contributed by atoms with E-state index in [0.29, 0.717) is 17.9 Å². The third-order valence-electron chi connectivity index (χ3n) is 6.72. The minimum atomic E-state index is -0.364. The molecule has 0 aliphatic carbocycles. The van der Waals surface area contributed by atoms with Gasteiger partial charge < -0.3 is 9.47 Å². The largest absolute Gasteiger partial charge is 0.494 e. The van der Waals surface area contributed by atoms with Gasteiger partial charge in [0.05, 0.1) is 12.2 Å². The SMILES string of the molecule is CCC/C=C\CCCCOc1ccc(OC(=O)c2ccc(-c3ccc(CC[C@@H](C)CC)cc3)cc2)cc1. The molecule has 3 nitrogen and oxygen atoms in total. The van der Waals surface area contributed by atoms with E-state index < -0.39 is 0 Å². The minimum absolute atomic E-state index is 0.364. The Balaban J connectivity index is 1.44. The molecule has 3 rings (SSSR count). The zero-order chi connectivity index (χ0) is 26.3. The molecule has 0 spiro atoms. The summed E-state index contributed by atoms with van der Waals surface area (Å²) in [7, 11) is 0. The number of allylic oxidation sites excluding steroid dienone is 2. The second-order valence-electron chi connectivity index (χ2n) is 9.79. The maximum absolute atomic E-state index is 12.6. The molecule has 0 heterocycles. The number of carbonyl (C=O) groups excluding carboxylic acids is 1. The van der Waals surface area contributed by atoms with Crippen molar-refractivity contribution in [2.45, 2.75) is 72.1 Å². The lowest BCUT2D eigenvalue weighted by molar-refractivity contribution is 0.0734. The van der Waals surface area contributed by atoms with Crippen molar-refractivity contribution in [1.29, 1.82) is 0 Å². The Morgan fingerprint density at radius 3 is 2.05 bits per heavy atom. The molecule has 0 unspecified atom stereocenters. The fourth-order valence-electron chi connectivity index (χ4n) is 4.01. The van der Waals surface area contributed by atoms with E-state index in [9.17, 15) is 4.79 Å². The van der Waals surface area contributed by atoms with Crippen LogP contribution in [0.5, 0.6) is 11.5 Å². The number of hydrogen-bond donors (Lipinski definition) is 0. The highest BCUT2D eigenvalue weighted by Gasteiger charge is 2.10. The van der Waals surface area contributed by atoms with E-state index in [0.717, 1.165) is 54.9 Å². The first-order valence-corrected chi connectivity index (χ1v) is 13.9. The van der Waals surface area contributed by atoms with E-state index in [4.69, 9.17) is 9.47 Å². The van der Waals surface area contributed by atoms with E-state index in [2.05, 4.69) is 57.2 Å². The van der Waals surface area contributed by atoms with Crippen molar-refractivity contribution in [3.8, 4) is 22.6 Å². The Morgan fingerprint density at radius 2 is 1.41 bits per heavy atom. The van der Waals surface area contributed by atoms with Crippen molar-refractivity contribution in [1.82, 2.24) is 0 Å². The Kier molecular flexibility index (Phi) is 12.0. The molecule has 0 amide bonds. The summed E-state index contributed by atoms with van der Waals surface area (Å²) in [6.45, 7) is 7.43. The molecule has 0 aliphatic rings. The van der Waals surface area contributed by atoms with Gasteiger partial charge in [-0.25, -0.2) is 4.79 Å². The van der Waals surface area contributed by atoms with Gasteiger partial charge >= 0.3 is 5.97 Å². The van der Waals surface area contributed by atoms with Gasteiger partial charge in [-0.3, -0.25) is 0 Å². The van der Waals surface area contributed by atoms with Gasteiger partial charge in [-0.15, -0.1) is 0 Å². The molecule has 196 valence electrons. The molecule has 37 heavy (non-hydrogen) atoms. The fourth-order valence-corrected chi connectivity index (χ4v) is 4.01. The molecule has 0 radical (unpaired) electrons. The second kappa shape index (κ2) is 15.7. The number of carbonyl (C=O) groups is 1. The summed E-state index contributed by atoms with van der Waals surface area (Å²) in [6.07, 6.45) is 13.7. The smallest absolute Gasteiger partial charge is 0.343 e. The summed E-state index contributed by atoms with van der Waals surface area (Å²) in [6, 6.07) is 23.6. The van der Waals surface area contributed by atoms with E-state index in [1.54, 1.807) is 12.1 Å². The van der Waals surface area contributed by atoms with Crippen molar-refractivity contribution < 1.29 is 14.3 Å². The quantitative estimate of drug-likeness (QED) is 0.0906. The van der Waals surface area contributed by atoms with Crippen LogP contribution in [0.25, 0.3) is 11.1 Å². The van der Waals surface area contributed by atoms with Gasteiger partial charge in [0, 0.05) is 0 Å². The molecule has 3 heteroatoms. The average Bonchev–Trinajstić information content (AvgIpc) is 2.94. The molecule has 0 saturated heterocycles. The number of ether oxygens (including phenoxy) is 2. The first kappa shape index (κ1) is 28.2. The summed E-state index contributed by atoms with van der Waals surface area (Å²) in [5.41, 5.74) is 4.14. The maximum Gasteiger partial charge on any atom is 0.343 e. The molecule has 0 saturated carbocycles. The number of rotatable bonds is 15. The average molecular weight is 499 g/mol. The van der Waals surface area contributed by atoms with Crippen molar-refractivity contribution in [3.63, 3.8) is 0 Å². The monoisotopic (exact) mass is 498 g/mol. The van der Waals surface area contributed by atoms with E-state index >= 15 is 0 Å². The first-order chi connectivity index (χ1) is 18.1. The molecule has 0 aromatic heterocycles. The highest BCUT2D eigenvalue weighted by atomic mass is 16.5. The van der Waals surface area contributed by atoms with Crippen molar-refractivity contribution in [2.24, 2.45) is 5.92 Å². The highest BCUT2D eigenvalue weighted by molar-refractivity contribution is 5.91. The number of benzene rings is 3. The first-order valence-electron chi connectivity index (χ1n) is 13.9. The van der Waals surface area contributed by atoms with Crippen molar-refractivity contribution >= 4 is 5.97 Å². The van der Waals surface area contributed by atoms with Gasteiger partial charge in [-0.05, 0) is 97.5 Å². The van der Waals surface area contributed by atoms with Gasteiger partial charge in [0.25, 0.3) is 0 Å². The van der Waals surface area contributed by atoms with Crippen LogP contribution in [0.2, 0.25) is 0 Å². The zero-order valence-corrected chi connectivity index (χ0v) is 22.7. The van der Waals surface area contributed by atoms with Crippen LogP contribution in [-0.2, 0) is 6.42 Å². The predicted octanol–water partition coefficient (Wildman–Crippen LogP) is 9.46. The van der Waals surface area contributed by atoms with Crippen LogP contribution >= 0.6 is 0 Å². The summed E-state index contributed by atoms with van der Waals surface area (Å²) >= 11 is 0. The lowest BCUT2D eigenvalue weighted by Gasteiger charge is -2.09. The van der Waals surface area contributed by atoms with Gasteiger partial charge in [-0.1, -0.05) is 82.2 Å². The molecule has 3 aromatic rings. The normalized spacial score (nSPS) is 12.0. The lowest BCUT2D eigenvalue weighted by atomic mass is 9.97. The summed E-state index contributed by atoms with van der Waals surface area (Å²) in [5.74, 6) is 1.69. The number of hydrogen-bond acceptors (Lipinski definition) is 3. The molecule has 0 N–H and O–H groups in total. The summed E-state index contributed by atoms with van der Waals surface area (Å²) < 4.78 is 11.4. The van der Waals surface area contributed by atoms with Gasteiger partial charge in [-0.2, -0.15) is 0 Å². The number of aryl methyl sites for hydroxylation is 1. The third-order valence-corrected chi connectivity index (χ3v) is 6.72. The lowest BCUT2D eigenvalue weighted by Crippen LogP contribution is -2.08. The molecule has 0 aliphatic heterocycles.